The molecule has 0 saturated carbocycles. The van der Waals surface area contributed by atoms with E-state index in [4.69, 9.17) is 9.47 Å². The Morgan fingerprint density at radius 1 is 0.611 bits per heavy atom. The zero-order valence-corrected chi connectivity index (χ0v) is 23.9. The van der Waals surface area contributed by atoms with Crippen LogP contribution in [0.4, 0.5) is 11.4 Å². The first-order valence-electron chi connectivity index (χ1n) is 14.6. The lowest BCUT2D eigenvalue weighted by molar-refractivity contribution is 0.190. The Morgan fingerprint density at radius 2 is 1.08 bits per heavy atom. The van der Waals surface area contributed by atoms with E-state index in [1.54, 1.807) is 14.2 Å². The zero-order chi connectivity index (χ0) is 26.4. The lowest BCUT2D eigenvalue weighted by atomic mass is 10.1. The standard InChI is InChI=1S/C29H55N3O4/c1-5-7-9-11-13-15-19-31(20-16-14-12-10-8-6-2)21-17-18-30-26-27(29(34)28(26)33)32(22-24-35-3)23-25-36-4/h30H,5-25H2,1-4H3. The SMILES string of the molecule is CCCCCCCCN(CCCCCCCC)CCCNc1c(N(CCOC)CCOC)c(=O)c1=O. The van der Waals surface area contributed by atoms with E-state index in [0.29, 0.717) is 44.2 Å². The Hall–Kier alpha value is -1.44. The van der Waals surface area contributed by atoms with Gasteiger partial charge in [-0.2, -0.15) is 0 Å². The van der Waals surface area contributed by atoms with Crippen molar-refractivity contribution >= 4 is 11.4 Å². The second kappa shape index (κ2) is 21.6. The van der Waals surface area contributed by atoms with Crippen LogP contribution in [0.25, 0.3) is 0 Å². The van der Waals surface area contributed by atoms with Gasteiger partial charge in [-0.15, -0.1) is 0 Å². The molecular formula is C29H55N3O4. The summed E-state index contributed by atoms with van der Waals surface area (Å²) in [6.07, 6.45) is 16.8. The fourth-order valence-corrected chi connectivity index (χ4v) is 4.67. The summed E-state index contributed by atoms with van der Waals surface area (Å²) in [6.45, 7) is 10.7. The summed E-state index contributed by atoms with van der Waals surface area (Å²) in [5.74, 6) is 0. The van der Waals surface area contributed by atoms with Crippen LogP contribution in [-0.4, -0.2) is 71.6 Å². The van der Waals surface area contributed by atoms with E-state index in [-0.39, 0.29) is 0 Å². The molecule has 0 amide bonds. The van der Waals surface area contributed by atoms with Gasteiger partial charge >= 0.3 is 0 Å². The fourth-order valence-electron chi connectivity index (χ4n) is 4.67. The number of anilines is 2. The van der Waals surface area contributed by atoms with Crippen LogP contribution in [0, 0.1) is 0 Å². The van der Waals surface area contributed by atoms with Crippen molar-refractivity contribution in [2.45, 2.75) is 97.3 Å². The van der Waals surface area contributed by atoms with E-state index < -0.39 is 10.9 Å². The molecule has 0 aliphatic carbocycles. The quantitative estimate of drug-likeness (QED) is 0.136. The summed E-state index contributed by atoms with van der Waals surface area (Å²) in [5, 5.41) is 3.28. The number of hydrogen-bond donors (Lipinski definition) is 1. The molecule has 0 radical (unpaired) electrons. The molecule has 1 aromatic carbocycles. The first-order chi connectivity index (χ1) is 17.6. The Bertz CT molecular complexity index is 694. The van der Waals surface area contributed by atoms with Gasteiger partial charge in [0, 0.05) is 33.9 Å². The van der Waals surface area contributed by atoms with Crippen LogP contribution in [0.5, 0.6) is 0 Å². The average molecular weight is 510 g/mol. The minimum Gasteiger partial charge on any atom is -0.383 e. The highest BCUT2D eigenvalue weighted by molar-refractivity contribution is 5.75. The summed E-state index contributed by atoms with van der Waals surface area (Å²) >= 11 is 0. The maximum atomic E-state index is 12.3. The van der Waals surface area contributed by atoms with E-state index in [1.807, 2.05) is 4.90 Å². The van der Waals surface area contributed by atoms with Crippen LogP contribution in [0.1, 0.15) is 97.3 Å². The van der Waals surface area contributed by atoms with Gasteiger partial charge in [0.2, 0.25) is 0 Å². The first kappa shape index (κ1) is 32.6. The summed E-state index contributed by atoms with van der Waals surface area (Å²) in [5.41, 5.74) is 0.147. The molecule has 0 aromatic heterocycles. The molecule has 1 rings (SSSR count). The number of hydrogen-bond acceptors (Lipinski definition) is 7. The Morgan fingerprint density at radius 3 is 1.58 bits per heavy atom. The van der Waals surface area contributed by atoms with Crippen molar-refractivity contribution in [2.24, 2.45) is 0 Å². The minimum absolute atomic E-state index is 0.402. The van der Waals surface area contributed by atoms with Gasteiger partial charge in [0.1, 0.15) is 11.4 Å². The topological polar surface area (TPSA) is 71.1 Å². The number of methoxy groups -OCH3 is 2. The van der Waals surface area contributed by atoms with E-state index in [1.165, 1.54) is 77.0 Å². The van der Waals surface area contributed by atoms with Crippen LogP contribution >= 0.6 is 0 Å². The summed E-state index contributed by atoms with van der Waals surface area (Å²) in [4.78, 5) is 29.1. The second-order valence-electron chi connectivity index (χ2n) is 10.0. The largest absolute Gasteiger partial charge is 0.383 e. The number of unbranched alkanes of at least 4 members (excludes halogenated alkanes) is 10. The molecule has 0 aliphatic heterocycles. The van der Waals surface area contributed by atoms with Crippen molar-refractivity contribution in [1.82, 2.24) is 4.90 Å². The lowest BCUT2D eigenvalue weighted by Gasteiger charge is -2.27. The van der Waals surface area contributed by atoms with E-state index in [2.05, 4.69) is 24.1 Å². The van der Waals surface area contributed by atoms with Gasteiger partial charge in [-0.05, 0) is 38.9 Å². The summed E-state index contributed by atoms with van der Waals surface area (Å²) in [7, 11) is 3.27. The molecule has 0 fully saturated rings. The Kier molecular flexibility index (Phi) is 19.6. The predicted molar refractivity (Wildman–Crippen MR) is 154 cm³/mol. The number of nitrogens with zero attached hydrogens (tertiary/aromatic N) is 2. The van der Waals surface area contributed by atoms with Gasteiger partial charge in [-0.3, -0.25) is 9.59 Å². The van der Waals surface area contributed by atoms with Crippen LogP contribution in [0.15, 0.2) is 9.59 Å². The molecule has 0 unspecified atom stereocenters. The van der Waals surface area contributed by atoms with Crippen LogP contribution in [0.2, 0.25) is 0 Å². The zero-order valence-electron chi connectivity index (χ0n) is 23.9. The Labute approximate surface area is 220 Å². The van der Waals surface area contributed by atoms with Crippen LogP contribution in [-0.2, 0) is 9.47 Å². The van der Waals surface area contributed by atoms with Crippen molar-refractivity contribution < 1.29 is 9.47 Å². The maximum absolute atomic E-state index is 12.3. The molecule has 210 valence electrons. The van der Waals surface area contributed by atoms with Crippen molar-refractivity contribution in [3.63, 3.8) is 0 Å². The van der Waals surface area contributed by atoms with Gasteiger partial charge in [0.05, 0.1) is 13.2 Å². The fraction of sp³-hybridized carbons (Fsp3) is 0.862. The van der Waals surface area contributed by atoms with Gasteiger partial charge in [0.15, 0.2) is 0 Å². The molecule has 7 nitrogen and oxygen atoms in total. The van der Waals surface area contributed by atoms with Crippen molar-refractivity contribution in [3.05, 3.63) is 20.4 Å². The molecule has 0 bridgehead atoms. The highest BCUT2D eigenvalue weighted by atomic mass is 16.5. The normalized spacial score (nSPS) is 11.6. The summed E-state index contributed by atoms with van der Waals surface area (Å²) in [6, 6.07) is 0. The molecular weight excluding hydrogens is 454 g/mol. The second-order valence-corrected chi connectivity index (χ2v) is 10.0. The van der Waals surface area contributed by atoms with Crippen LogP contribution < -0.4 is 21.1 Å². The van der Waals surface area contributed by atoms with E-state index >= 15 is 0 Å². The number of nitrogens with one attached hydrogen (secondary N) is 1. The molecule has 1 aromatic rings. The van der Waals surface area contributed by atoms with E-state index in [9.17, 15) is 9.59 Å². The van der Waals surface area contributed by atoms with Gasteiger partial charge in [-0.25, -0.2) is 0 Å². The van der Waals surface area contributed by atoms with Crippen LogP contribution in [0.3, 0.4) is 0 Å². The smallest absolute Gasteiger partial charge is 0.253 e. The third-order valence-corrected chi connectivity index (χ3v) is 6.94. The molecule has 0 atom stereocenters. The Balaban J connectivity index is 2.53. The lowest BCUT2D eigenvalue weighted by Crippen LogP contribution is -2.45. The van der Waals surface area contributed by atoms with Crippen molar-refractivity contribution in [2.75, 3.05) is 76.9 Å². The third kappa shape index (κ3) is 13.2. The van der Waals surface area contributed by atoms with Gasteiger partial charge in [0.25, 0.3) is 10.9 Å². The van der Waals surface area contributed by atoms with Gasteiger partial charge in [-0.1, -0.05) is 78.1 Å². The first-order valence-corrected chi connectivity index (χ1v) is 14.6. The van der Waals surface area contributed by atoms with Crippen molar-refractivity contribution in [1.29, 1.82) is 0 Å². The molecule has 0 heterocycles. The third-order valence-electron chi connectivity index (χ3n) is 6.94. The highest BCUT2D eigenvalue weighted by Crippen LogP contribution is 2.20. The number of rotatable bonds is 26. The van der Waals surface area contributed by atoms with Crippen molar-refractivity contribution in [3.8, 4) is 0 Å². The molecule has 0 spiro atoms. The number of ether oxygens (including phenoxy) is 2. The maximum Gasteiger partial charge on any atom is 0.253 e. The molecule has 0 saturated heterocycles. The van der Waals surface area contributed by atoms with Gasteiger partial charge < -0.3 is 24.6 Å². The molecule has 36 heavy (non-hydrogen) atoms. The molecule has 0 aliphatic rings. The minimum atomic E-state index is -0.405. The predicted octanol–water partition coefficient (Wildman–Crippen LogP) is 5.21. The van der Waals surface area contributed by atoms with E-state index in [0.717, 1.165) is 26.1 Å². The molecule has 1 N–H and O–H groups in total. The molecule has 7 heteroatoms. The summed E-state index contributed by atoms with van der Waals surface area (Å²) < 4.78 is 10.4. The average Bonchev–Trinajstić information content (AvgIpc) is 2.89. The highest BCUT2D eigenvalue weighted by Gasteiger charge is 2.25. The monoisotopic (exact) mass is 509 g/mol.